The van der Waals surface area contributed by atoms with Gasteiger partial charge in [0.1, 0.15) is 6.29 Å². The Balaban J connectivity index is 2.27. The van der Waals surface area contributed by atoms with Crippen molar-refractivity contribution in [1.29, 1.82) is 0 Å². The molecule has 0 aliphatic heterocycles. The minimum atomic E-state index is 0.0124. The Labute approximate surface area is 99.2 Å². The first-order valence-electron chi connectivity index (χ1n) is 5.49. The van der Waals surface area contributed by atoms with E-state index in [0.717, 1.165) is 17.2 Å². The molecule has 2 rings (SSSR count). The van der Waals surface area contributed by atoms with Gasteiger partial charge in [0.15, 0.2) is 0 Å². The van der Waals surface area contributed by atoms with Gasteiger partial charge in [0, 0.05) is 37.3 Å². The third kappa shape index (κ3) is 2.36. The van der Waals surface area contributed by atoms with Gasteiger partial charge in [0.25, 0.3) is 0 Å². The van der Waals surface area contributed by atoms with Gasteiger partial charge < -0.3 is 9.88 Å². The fraction of sp³-hybridized carbons (Fsp3) is 0.231. The molecule has 4 heteroatoms. The summed E-state index contributed by atoms with van der Waals surface area (Å²) in [5.41, 5.74) is 1.64. The molecule has 1 aromatic carbocycles. The second-order valence-electron chi connectivity index (χ2n) is 3.87. The number of hydrogen-bond donors (Lipinski definition) is 1. The number of rotatable bonds is 4. The predicted molar refractivity (Wildman–Crippen MR) is 66.0 cm³/mol. The topological polar surface area (TPSA) is 51.1 Å². The molecule has 0 aliphatic carbocycles. The van der Waals surface area contributed by atoms with E-state index in [1.807, 2.05) is 29.0 Å². The van der Waals surface area contributed by atoms with Crippen molar-refractivity contribution in [3.63, 3.8) is 0 Å². The standard InChI is InChI=1S/C13H14N2O2/c1-14-13(17)5-7-15-6-4-11-3-2-10(9-16)8-12(11)15/h2-4,6,8-9H,5,7H2,1H3,(H,14,17). The summed E-state index contributed by atoms with van der Waals surface area (Å²) >= 11 is 0. The molecule has 0 radical (unpaired) electrons. The summed E-state index contributed by atoms with van der Waals surface area (Å²) in [7, 11) is 1.63. The Morgan fingerprint density at radius 3 is 2.94 bits per heavy atom. The number of carbonyl (C=O) groups is 2. The second kappa shape index (κ2) is 4.82. The van der Waals surface area contributed by atoms with Crippen LogP contribution in [-0.4, -0.2) is 23.8 Å². The van der Waals surface area contributed by atoms with Gasteiger partial charge in [-0.1, -0.05) is 12.1 Å². The smallest absolute Gasteiger partial charge is 0.221 e. The van der Waals surface area contributed by atoms with Crippen LogP contribution in [0, 0.1) is 0 Å². The molecule has 1 amide bonds. The van der Waals surface area contributed by atoms with E-state index in [1.165, 1.54) is 0 Å². The zero-order valence-corrected chi connectivity index (χ0v) is 9.64. The summed E-state index contributed by atoms with van der Waals surface area (Å²) in [6, 6.07) is 7.52. The maximum Gasteiger partial charge on any atom is 0.221 e. The average Bonchev–Trinajstić information content (AvgIpc) is 2.78. The van der Waals surface area contributed by atoms with Gasteiger partial charge in [-0.05, 0) is 17.5 Å². The molecule has 0 aliphatic rings. The summed E-state index contributed by atoms with van der Waals surface area (Å²) in [5, 5.41) is 3.67. The molecule has 0 atom stereocenters. The molecule has 2 aromatic rings. The van der Waals surface area contributed by atoms with E-state index in [-0.39, 0.29) is 5.91 Å². The number of aldehydes is 1. The Morgan fingerprint density at radius 1 is 1.41 bits per heavy atom. The lowest BCUT2D eigenvalue weighted by Gasteiger charge is -2.05. The Kier molecular flexibility index (Phi) is 3.23. The van der Waals surface area contributed by atoms with Crippen molar-refractivity contribution >= 4 is 23.1 Å². The lowest BCUT2D eigenvalue weighted by molar-refractivity contribution is -0.120. The first-order valence-corrected chi connectivity index (χ1v) is 5.49. The Morgan fingerprint density at radius 2 is 2.24 bits per heavy atom. The molecule has 1 N–H and O–H groups in total. The third-order valence-electron chi connectivity index (χ3n) is 2.79. The van der Waals surface area contributed by atoms with Crippen LogP contribution in [0.4, 0.5) is 0 Å². The molecule has 88 valence electrons. The Bertz CT molecular complexity index is 558. The van der Waals surface area contributed by atoms with Gasteiger partial charge in [0.2, 0.25) is 5.91 Å². The highest BCUT2D eigenvalue weighted by Gasteiger charge is 2.04. The van der Waals surface area contributed by atoms with Crippen LogP contribution in [0.3, 0.4) is 0 Å². The van der Waals surface area contributed by atoms with E-state index in [1.54, 1.807) is 13.1 Å². The molecule has 0 unspecified atom stereocenters. The van der Waals surface area contributed by atoms with Crippen molar-refractivity contribution in [1.82, 2.24) is 9.88 Å². The summed E-state index contributed by atoms with van der Waals surface area (Å²) in [5.74, 6) is 0.0124. The maximum atomic E-state index is 11.2. The number of amides is 1. The van der Waals surface area contributed by atoms with E-state index < -0.39 is 0 Å². The third-order valence-corrected chi connectivity index (χ3v) is 2.79. The van der Waals surface area contributed by atoms with Gasteiger partial charge >= 0.3 is 0 Å². The fourth-order valence-electron chi connectivity index (χ4n) is 1.82. The minimum absolute atomic E-state index is 0.0124. The summed E-state index contributed by atoms with van der Waals surface area (Å²) in [4.78, 5) is 21.9. The molecule has 0 spiro atoms. The number of aryl methyl sites for hydroxylation is 1. The van der Waals surface area contributed by atoms with Crippen LogP contribution in [0.2, 0.25) is 0 Å². The number of nitrogens with zero attached hydrogens (tertiary/aromatic N) is 1. The van der Waals surface area contributed by atoms with Crippen molar-refractivity contribution in [2.75, 3.05) is 7.05 Å². The van der Waals surface area contributed by atoms with Gasteiger partial charge in [-0.3, -0.25) is 9.59 Å². The van der Waals surface area contributed by atoms with Crippen molar-refractivity contribution in [2.45, 2.75) is 13.0 Å². The van der Waals surface area contributed by atoms with Crippen LogP contribution in [0.15, 0.2) is 30.5 Å². The first kappa shape index (κ1) is 11.4. The Hall–Kier alpha value is -2.10. The lowest BCUT2D eigenvalue weighted by Crippen LogP contribution is -2.19. The van der Waals surface area contributed by atoms with Crippen molar-refractivity contribution in [2.24, 2.45) is 0 Å². The molecular weight excluding hydrogens is 216 g/mol. The van der Waals surface area contributed by atoms with Crippen LogP contribution in [0.1, 0.15) is 16.8 Å². The number of nitrogens with one attached hydrogen (secondary N) is 1. The van der Waals surface area contributed by atoms with Crippen molar-refractivity contribution in [3.8, 4) is 0 Å². The normalized spacial score (nSPS) is 10.4. The molecule has 1 aromatic heterocycles. The largest absolute Gasteiger partial charge is 0.359 e. The zero-order chi connectivity index (χ0) is 12.3. The summed E-state index contributed by atoms with van der Waals surface area (Å²) in [6.45, 7) is 0.617. The van der Waals surface area contributed by atoms with E-state index >= 15 is 0 Å². The SMILES string of the molecule is CNC(=O)CCn1ccc2ccc(C=O)cc21. The van der Waals surface area contributed by atoms with E-state index in [4.69, 9.17) is 0 Å². The number of hydrogen-bond acceptors (Lipinski definition) is 2. The van der Waals surface area contributed by atoms with Crippen LogP contribution < -0.4 is 5.32 Å². The fourth-order valence-corrected chi connectivity index (χ4v) is 1.82. The van der Waals surface area contributed by atoms with E-state index in [2.05, 4.69) is 5.32 Å². The quantitative estimate of drug-likeness (QED) is 0.811. The molecule has 4 nitrogen and oxygen atoms in total. The van der Waals surface area contributed by atoms with Gasteiger partial charge in [0.05, 0.1) is 0 Å². The number of benzene rings is 1. The average molecular weight is 230 g/mol. The highest BCUT2D eigenvalue weighted by molar-refractivity contribution is 5.87. The molecule has 0 fully saturated rings. The summed E-state index contributed by atoms with van der Waals surface area (Å²) < 4.78 is 1.98. The number of carbonyl (C=O) groups excluding carboxylic acids is 2. The van der Waals surface area contributed by atoms with Gasteiger partial charge in [-0.15, -0.1) is 0 Å². The number of aromatic nitrogens is 1. The molecule has 0 saturated carbocycles. The predicted octanol–water partition coefficient (Wildman–Crippen LogP) is 1.59. The van der Waals surface area contributed by atoms with Crippen LogP contribution >= 0.6 is 0 Å². The molecule has 1 heterocycles. The minimum Gasteiger partial charge on any atom is -0.359 e. The second-order valence-corrected chi connectivity index (χ2v) is 3.87. The van der Waals surface area contributed by atoms with E-state index in [0.29, 0.717) is 18.5 Å². The monoisotopic (exact) mass is 230 g/mol. The summed E-state index contributed by atoms with van der Waals surface area (Å²) in [6.07, 6.45) is 3.20. The van der Waals surface area contributed by atoms with Gasteiger partial charge in [-0.25, -0.2) is 0 Å². The van der Waals surface area contributed by atoms with Crippen molar-refractivity contribution in [3.05, 3.63) is 36.0 Å². The molecule has 0 bridgehead atoms. The van der Waals surface area contributed by atoms with Crippen LogP contribution in [0.25, 0.3) is 10.9 Å². The van der Waals surface area contributed by atoms with Crippen LogP contribution in [0.5, 0.6) is 0 Å². The highest BCUT2D eigenvalue weighted by Crippen LogP contribution is 2.17. The van der Waals surface area contributed by atoms with Crippen LogP contribution in [-0.2, 0) is 11.3 Å². The maximum absolute atomic E-state index is 11.2. The van der Waals surface area contributed by atoms with E-state index in [9.17, 15) is 9.59 Å². The first-order chi connectivity index (χ1) is 8.24. The molecule has 0 saturated heterocycles. The zero-order valence-electron chi connectivity index (χ0n) is 9.64. The molecule has 17 heavy (non-hydrogen) atoms. The number of fused-ring (bicyclic) bond motifs is 1. The molecular formula is C13H14N2O2. The van der Waals surface area contributed by atoms with Gasteiger partial charge in [-0.2, -0.15) is 0 Å². The van der Waals surface area contributed by atoms with Crippen molar-refractivity contribution < 1.29 is 9.59 Å². The highest BCUT2D eigenvalue weighted by atomic mass is 16.1. The lowest BCUT2D eigenvalue weighted by atomic mass is 10.2.